The summed E-state index contributed by atoms with van der Waals surface area (Å²) in [6, 6.07) is 8.97. The van der Waals surface area contributed by atoms with Gasteiger partial charge in [-0.25, -0.2) is 4.98 Å². The number of carbonyl (C=O) groups excluding carboxylic acids is 1. The van der Waals surface area contributed by atoms with Gasteiger partial charge in [-0.1, -0.05) is 6.07 Å². The molecule has 5 heteroatoms. The van der Waals surface area contributed by atoms with Crippen LogP contribution >= 0.6 is 0 Å². The van der Waals surface area contributed by atoms with E-state index in [0.29, 0.717) is 17.9 Å². The minimum atomic E-state index is -0.211. The van der Waals surface area contributed by atoms with Gasteiger partial charge in [-0.15, -0.1) is 0 Å². The van der Waals surface area contributed by atoms with Gasteiger partial charge in [0.1, 0.15) is 5.69 Å². The van der Waals surface area contributed by atoms with Crippen LogP contribution in [0, 0.1) is 0 Å². The first-order valence-electron chi connectivity index (χ1n) is 6.67. The van der Waals surface area contributed by atoms with Crippen molar-refractivity contribution in [3.63, 3.8) is 0 Å². The molecule has 0 unspecified atom stereocenters. The monoisotopic (exact) mass is 270 g/mol. The Bertz CT molecular complexity index is 557. The van der Waals surface area contributed by atoms with E-state index in [1.807, 2.05) is 12.1 Å². The molecule has 0 aromatic carbocycles. The number of aryl methyl sites for hydroxylation is 1. The molecular weight excluding hydrogens is 252 g/mol. The van der Waals surface area contributed by atoms with Crippen molar-refractivity contribution in [2.24, 2.45) is 5.73 Å². The van der Waals surface area contributed by atoms with Crippen molar-refractivity contribution in [2.75, 3.05) is 11.9 Å². The first-order chi connectivity index (χ1) is 9.79. The summed E-state index contributed by atoms with van der Waals surface area (Å²) in [6.07, 6.45) is 6.06. The number of hydrogen-bond acceptors (Lipinski definition) is 4. The summed E-state index contributed by atoms with van der Waals surface area (Å²) in [5.74, 6) is -0.211. The Morgan fingerprint density at radius 2 is 1.95 bits per heavy atom. The molecule has 0 aliphatic carbocycles. The van der Waals surface area contributed by atoms with Crippen LogP contribution in [0.2, 0.25) is 0 Å². The van der Waals surface area contributed by atoms with Gasteiger partial charge in [-0.2, -0.15) is 0 Å². The van der Waals surface area contributed by atoms with Crippen LogP contribution in [0.1, 0.15) is 29.0 Å². The van der Waals surface area contributed by atoms with Crippen LogP contribution in [0.25, 0.3) is 0 Å². The second-order valence-electron chi connectivity index (χ2n) is 4.45. The Labute approximate surface area is 118 Å². The molecule has 2 heterocycles. The van der Waals surface area contributed by atoms with E-state index in [-0.39, 0.29) is 5.91 Å². The molecule has 0 spiro atoms. The number of aromatic nitrogens is 2. The quantitative estimate of drug-likeness (QED) is 0.787. The number of anilines is 1. The highest BCUT2D eigenvalue weighted by molar-refractivity contribution is 6.02. The van der Waals surface area contributed by atoms with E-state index in [2.05, 4.69) is 15.3 Å². The fraction of sp³-hybridized carbons (Fsp3) is 0.267. The molecule has 0 bridgehead atoms. The molecule has 5 nitrogen and oxygen atoms in total. The van der Waals surface area contributed by atoms with Crippen molar-refractivity contribution in [1.82, 2.24) is 9.97 Å². The van der Waals surface area contributed by atoms with Gasteiger partial charge in [-0.05, 0) is 50.1 Å². The molecule has 2 rings (SSSR count). The summed E-state index contributed by atoms with van der Waals surface area (Å²) >= 11 is 0. The van der Waals surface area contributed by atoms with E-state index in [1.54, 1.807) is 30.6 Å². The molecule has 0 saturated carbocycles. The zero-order valence-electron chi connectivity index (χ0n) is 11.2. The van der Waals surface area contributed by atoms with Crippen molar-refractivity contribution in [3.05, 3.63) is 54.1 Å². The number of nitrogens with one attached hydrogen (secondary N) is 1. The lowest BCUT2D eigenvalue weighted by Gasteiger charge is -2.06. The number of nitrogens with zero attached hydrogens (tertiary/aromatic N) is 2. The molecular formula is C15H18N4O. The van der Waals surface area contributed by atoms with Crippen LogP contribution in [0.15, 0.2) is 42.7 Å². The number of amides is 1. The Hall–Kier alpha value is -2.27. The van der Waals surface area contributed by atoms with Gasteiger partial charge in [-0.3, -0.25) is 9.78 Å². The number of unbranched alkanes of at least 4 members (excludes halogenated alkanes) is 1. The van der Waals surface area contributed by atoms with Gasteiger partial charge >= 0.3 is 0 Å². The highest BCUT2D eigenvalue weighted by atomic mass is 16.1. The van der Waals surface area contributed by atoms with Crippen LogP contribution in [0.3, 0.4) is 0 Å². The second-order valence-corrected chi connectivity index (χ2v) is 4.45. The Balaban J connectivity index is 2.01. The highest BCUT2D eigenvalue weighted by Crippen LogP contribution is 2.08. The van der Waals surface area contributed by atoms with Gasteiger partial charge in [0.25, 0.3) is 5.91 Å². The Kier molecular flexibility index (Phi) is 5.20. The SMILES string of the molecule is NCCCCc1cccc(C(=O)Nc2ccncc2)n1. The minimum absolute atomic E-state index is 0.211. The lowest BCUT2D eigenvalue weighted by molar-refractivity contribution is 0.102. The van der Waals surface area contributed by atoms with Crippen LogP contribution in [-0.4, -0.2) is 22.4 Å². The van der Waals surface area contributed by atoms with Crippen LogP contribution in [0.5, 0.6) is 0 Å². The summed E-state index contributed by atoms with van der Waals surface area (Å²) in [7, 11) is 0. The Morgan fingerprint density at radius 1 is 1.15 bits per heavy atom. The largest absolute Gasteiger partial charge is 0.330 e. The van der Waals surface area contributed by atoms with E-state index in [9.17, 15) is 4.79 Å². The van der Waals surface area contributed by atoms with Crippen LogP contribution < -0.4 is 11.1 Å². The van der Waals surface area contributed by atoms with E-state index >= 15 is 0 Å². The van der Waals surface area contributed by atoms with Gasteiger partial charge in [0, 0.05) is 23.8 Å². The molecule has 0 atom stereocenters. The lowest BCUT2D eigenvalue weighted by Crippen LogP contribution is -2.14. The van der Waals surface area contributed by atoms with Gasteiger partial charge in [0.2, 0.25) is 0 Å². The summed E-state index contributed by atoms with van der Waals surface area (Å²) in [5.41, 5.74) is 7.52. The van der Waals surface area contributed by atoms with Crippen LogP contribution in [-0.2, 0) is 6.42 Å². The topological polar surface area (TPSA) is 80.9 Å². The zero-order valence-corrected chi connectivity index (χ0v) is 11.2. The summed E-state index contributed by atoms with van der Waals surface area (Å²) in [4.78, 5) is 20.4. The van der Waals surface area contributed by atoms with Crippen molar-refractivity contribution in [2.45, 2.75) is 19.3 Å². The lowest BCUT2D eigenvalue weighted by atomic mass is 10.1. The maximum absolute atomic E-state index is 12.1. The predicted molar refractivity (Wildman–Crippen MR) is 78.4 cm³/mol. The molecule has 104 valence electrons. The van der Waals surface area contributed by atoms with E-state index < -0.39 is 0 Å². The molecule has 20 heavy (non-hydrogen) atoms. The molecule has 2 aromatic rings. The average Bonchev–Trinajstić information content (AvgIpc) is 2.49. The zero-order chi connectivity index (χ0) is 14.2. The molecule has 0 saturated heterocycles. The third-order valence-electron chi connectivity index (χ3n) is 2.86. The third-order valence-corrected chi connectivity index (χ3v) is 2.86. The highest BCUT2D eigenvalue weighted by Gasteiger charge is 2.08. The first-order valence-corrected chi connectivity index (χ1v) is 6.67. The number of pyridine rings is 2. The maximum atomic E-state index is 12.1. The van der Waals surface area contributed by atoms with E-state index in [1.165, 1.54) is 0 Å². The normalized spacial score (nSPS) is 10.2. The molecule has 0 aliphatic heterocycles. The minimum Gasteiger partial charge on any atom is -0.330 e. The smallest absolute Gasteiger partial charge is 0.274 e. The van der Waals surface area contributed by atoms with Gasteiger partial charge < -0.3 is 11.1 Å². The summed E-state index contributed by atoms with van der Waals surface area (Å²) < 4.78 is 0. The summed E-state index contributed by atoms with van der Waals surface area (Å²) in [5, 5.41) is 2.79. The van der Waals surface area contributed by atoms with Crippen molar-refractivity contribution in [3.8, 4) is 0 Å². The molecule has 0 radical (unpaired) electrons. The van der Waals surface area contributed by atoms with Crippen molar-refractivity contribution in [1.29, 1.82) is 0 Å². The standard InChI is InChI=1S/C15H18N4O/c16-9-2-1-4-12-5-3-6-14(18-12)15(20)19-13-7-10-17-11-8-13/h3,5-8,10-11H,1-2,4,9,16H2,(H,17,19,20). The average molecular weight is 270 g/mol. The van der Waals surface area contributed by atoms with Gasteiger partial charge in [0.15, 0.2) is 0 Å². The summed E-state index contributed by atoms with van der Waals surface area (Å²) in [6.45, 7) is 0.683. The Morgan fingerprint density at radius 3 is 2.70 bits per heavy atom. The fourth-order valence-corrected chi connectivity index (χ4v) is 1.83. The number of rotatable bonds is 6. The number of nitrogens with two attached hydrogens (primary N) is 1. The third kappa shape index (κ3) is 4.13. The van der Waals surface area contributed by atoms with Gasteiger partial charge in [0.05, 0.1) is 0 Å². The van der Waals surface area contributed by atoms with Crippen molar-refractivity contribution >= 4 is 11.6 Å². The second kappa shape index (κ2) is 7.35. The number of hydrogen-bond donors (Lipinski definition) is 2. The van der Waals surface area contributed by atoms with E-state index in [0.717, 1.165) is 25.0 Å². The van der Waals surface area contributed by atoms with Crippen molar-refractivity contribution < 1.29 is 4.79 Å². The first kappa shape index (κ1) is 14.1. The fourth-order valence-electron chi connectivity index (χ4n) is 1.83. The molecule has 2 aromatic heterocycles. The van der Waals surface area contributed by atoms with Crippen LogP contribution in [0.4, 0.5) is 5.69 Å². The van der Waals surface area contributed by atoms with E-state index in [4.69, 9.17) is 5.73 Å². The molecule has 0 aliphatic rings. The molecule has 1 amide bonds. The predicted octanol–water partition coefficient (Wildman–Crippen LogP) is 2.01. The number of carbonyl (C=O) groups is 1. The molecule has 3 N–H and O–H groups in total. The molecule has 0 fully saturated rings. The maximum Gasteiger partial charge on any atom is 0.274 e.